The van der Waals surface area contributed by atoms with E-state index in [-0.39, 0.29) is 5.56 Å². The Morgan fingerprint density at radius 3 is 2.64 bits per heavy atom. The van der Waals surface area contributed by atoms with E-state index in [1.165, 1.54) is 18.5 Å². The number of methoxy groups -OCH3 is 2. The summed E-state index contributed by atoms with van der Waals surface area (Å²) in [5.41, 5.74) is 1.35. The van der Waals surface area contributed by atoms with Gasteiger partial charge >= 0.3 is 6.18 Å². The standard InChI is InChI=1S/C18H17F3N4O3/c1-27-14-4-3-11(15(6-14)28-2)9-25-16-12(8-24-25)5-13(7-22-16)17(26)23-10-18(19,20)21/h3-8H,9-10H2,1-2H3,(H,23,26). The molecule has 0 aliphatic rings. The second-order valence-electron chi connectivity index (χ2n) is 5.91. The fourth-order valence-electron chi connectivity index (χ4n) is 2.64. The molecule has 0 spiro atoms. The number of pyridine rings is 1. The maximum Gasteiger partial charge on any atom is 0.405 e. The number of hydrogen-bond donors (Lipinski definition) is 1. The summed E-state index contributed by atoms with van der Waals surface area (Å²) in [7, 11) is 3.10. The van der Waals surface area contributed by atoms with E-state index in [0.29, 0.717) is 29.1 Å². The number of carbonyl (C=O) groups is 1. The first-order valence-electron chi connectivity index (χ1n) is 8.18. The number of fused-ring (bicyclic) bond motifs is 1. The first-order valence-corrected chi connectivity index (χ1v) is 8.18. The van der Waals surface area contributed by atoms with Gasteiger partial charge in [-0.15, -0.1) is 0 Å². The number of benzene rings is 1. The predicted octanol–water partition coefficient (Wildman–Crippen LogP) is 2.79. The van der Waals surface area contributed by atoms with Crippen LogP contribution in [-0.4, -0.2) is 47.6 Å². The van der Waals surface area contributed by atoms with Crippen molar-refractivity contribution in [2.45, 2.75) is 12.7 Å². The summed E-state index contributed by atoms with van der Waals surface area (Å²) in [4.78, 5) is 16.1. The lowest BCUT2D eigenvalue weighted by Gasteiger charge is -2.11. The van der Waals surface area contributed by atoms with Crippen LogP contribution in [0.3, 0.4) is 0 Å². The first kappa shape index (κ1) is 19.5. The van der Waals surface area contributed by atoms with E-state index in [1.54, 1.807) is 31.0 Å². The van der Waals surface area contributed by atoms with Crippen LogP contribution in [0.15, 0.2) is 36.7 Å². The topological polar surface area (TPSA) is 78.3 Å². The summed E-state index contributed by atoms with van der Waals surface area (Å²) in [5, 5.41) is 6.60. The summed E-state index contributed by atoms with van der Waals surface area (Å²) in [5.74, 6) is 0.418. The van der Waals surface area contributed by atoms with Crippen molar-refractivity contribution in [3.63, 3.8) is 0 Å². The van der Waals surface area contributed by atoms with Gasteiger partial charge in [0.15, 0.2) is 5.65 Å². The molecule has 0 atom stereocenters. The Labute approximate surface area is 158 Å². The molecule has 3 aromatic rings. The third kappa shape index (κ3) is 4.33. The van der Waals surface area contributed by atoms with Gasteiger partial charge in [-0.2, -0.15) is 18.3 Å². The van der Waals surface area contributed by atoms with Crippen LogP contribution < -0.4 is 14.8 Å². The van der Waals surface area contributed by atoms with Gasteiger partial charge in [-0.1, -0.05) is 0 Å². The maximum atomic E-state index is 12.2. The van der Waals surface area contributed by atoms with Crippen LogP contribution >= 0.6 is 0 Å². The highest BCUT2D eigenvalue weighted by molar-refractivity contribution is 5.96. The van der Waals surface area contributed by atoms with Crippen molar-refractivity contribution >= 4 is 16.9 Å². The molecule has 148 valence electrons. The third-order valence-electron chi connectivity index (χ3n) is 4.00. The average Bonchev–Trinajstić information content (AvgIpc) is 3.07. The highest BCUT2D eigenvalue weighted by Gasteiger charge is 2.28. The summed E-state index contributed by atoms with van der Waals surface area (Å²) >= 11 is 0. The molecular formula is C18H17F3N4O3. The summed E-state index contributed by atoms with van der Waals surface area (Å²) < 4.78 is 48.9. The zero-order valence-electron chi connectivity index (χ0n) is 15.1. The van der Waals surface area contributed by atoms with Crippen LogP contribution in [0.1, 0.15) is 15.9 Å². The number of carbonyl (C=O) groups excluding carboxylic acids is 1. The highest BCUT2D eigenvalue weighted by atomic mass is 19.4. The molecule has 7 nitrogen and oxygen atoms in total. The van der Waals surface area contributed by atoms with E-state index in [4.69, 9.17) is 9.47 Å². The summed E-state index contributed by atoms with van der Waals surface area (Å²) in [6, 6.07) is 6.82. The molecule has 10 heteroatoms. The molecular weight excluding hydrogens is 377 g/mol. The zero-order chi connectivity index (χ0) is 20.3. The lowest BCUT2D eigenvalue weighted by Crippen LogP contribution is -2.33. The lowest BCUT2D eigenvalue weighted by molar-refractivity contribution is -0.123. The van der Waals surface area contributed by atoms with E-state index < -0.39 is 18.6 Å². The monoisotopic (exact) mass is 394 g/mol. The normalized spacial score (nSPS) is 11.5. The second kappa shape index (κ2) is 7.75. The molecule has 3 rings (SSSR count). The molecule has 0 saturated carbocycles. The van der Waals surface area contributed by atoms with Gasteiger partial charge in [-0.25, -0.2) is 9.67 Å². The van der Waals surface area contributed by atoms with E-state index in [9.17, 15) is 18.0 Å². The Balaban J connectivity index is 1.82. The number of aromatic nitrogens is 3. The minimum Gasteiger partial charge on any atom is -0.497 e. The van der Waals surface area contributed by atoms with Gasteiger partial charge in [0.05, 0.1) is 32.5 Å². The van der Waals surface area contributed by atoms with Gasteiger partial charge in [-0.3, -0.25) is 4.79 Å². The molecule has 0 fully saturated rings. The number of hydrogen-bond acceptors (Lipinski definition) is 5. The number of nitrogens with zero attached hydrogens (tertiary/aromatic N) is 3. The molecule has 0 radical (unpaired) electrons. The van der Waals surface area contributed by atoms with Crippen LogP contribution in [0.4, 0.5) is 13.2 Å². The number of nitrogens with one attached hydrogen (secondary N) is 1. The Bertz CT molecular complexity index is 1000. The van der Waals surface area contributed by atoms with Gasteiger partial charge < -0.3 is 14.8 Å². The summed E-state index contributed by atoms with van der Waals surface area (Å²) in [6.07, 6.45) is -1.76. The molecule has 0 aliphatic heterocycles. The largest absolute Gasteiger partial charge is 0.497 e. The quantitative estimate of drug-likeness (QED) is 0.696. The van der Waals surface area contributed by atoms with Crippen molar-refractivity contribution in [3.8, 4) is 11.5 Å². The number of alkyl halides is 3. The van der Waals surface area contributed by atoms with Gasteiger partial charge in [0.1, 0.15) is 18.0 Å². The Morgan fingerprint density at radius 2 is 1.96 bits per heavy atom. The van der Waals surface area contributed by atoms with Crippen LogP contribution in [0.5, 0.6) is 11.5 Å². The molecule has 0 bridgehead atoms. The fourth-order valence-corrected chi connectivity index (χ4v) is 2.64. The van der Waals surface area contributed by atoms with Crippen LogP contribution in [0, 0.1) is 0 Å². The van der Waals surface area contributed by atoms with E-state index in [2.05, 4.69) is 10.1 Å². The van der Waals surface area contributed by atoms with E-state index in [1.807, 2.05) is 11.4 Å². The van der Waals surface area contributed by atoms with Crippen LogP contribution in [-0.2, 0) is 6.54 Å². The minimum absolute atomic E-state index is 0.0262. The molecule has 0 saturated heterocycles. The van der Waals surface area contributed by atoms with Crippen molar-refractivity contribution in [1.82, 2.24) is 20.1 Å². The summed E-state index contributed by atoms with van der Waals surface area (Å²) in [6.45, 7) is -1.05. The third-order valence-corrected chi connectivity index (χ3v) is 4.00. The fraction of sp³-hybridized carbons (Fsp3) is 0.278. The second-order valence-corrected chi connectivity index (χ2v) is 5.91. The van der Waals surface area contributed by atoms with Gasteiger partial charge in [0.2, 0.25) is 0 Å². The lowest BCUT2D eigenvalue weighted by atomic mass is 10.2. The van der Waals surface area contributed by atoms with Crippen LogP contribution in [0.25, 0.3) is 11.0 Å². The van der Waals surface area contributed by atoms with Crippen molar-refractivity contribution in [2.75, 3.05) is 20.8 Å². The van der Waals surface area contributed by atoms with Crippen LogP contribution in [0.2, 0.25) is 0 Å². The van der Waals surface area contributed by atoms with Crippen molar-refractivity contribution in [2.24, 2.45) is 0 Å². The van der Waals surface area contributed by atoms with E-state index >= 15 is 0 Å². The van der Waals surface area contributed by atoms with Gasteiger partial charge in [0, 0.05) is 23.2 Å². The van der Waals surface area contributed by atoms with Gasteiger partial charge in [0.25, 0.3) is 5.91 Å². The molecule has 2 heterocycles. The molecule has 0 unspecified atom stereocenters. The number of rotatable bonds is 6. The molecule has 28 heavy (non-hydrogen) atoms. The number of halogens is 3. The minimum atomic E-state index is -4.48. The van der Waals surface area contributed by atoms with Crippen molar-refractivity contribution < 1.29 is 27.4 Å². The highest BCUT2D eigenvalue weighted by Crippen LogP contribution is 2.26. The number of amides is 1. The first-order chi connectivity index (χ1) is 13.3. The van der Waals surface area contributed by atoms with E-state index in [0.717, 1.165) is 5.56 Å². The average molecular weight is 394 g/mol. The zero-order valence-corrected chi connectivity index (χ0v) is 15.1. The SMILES string of the molecule is COc1ccc(Cn2ncc3cc(C(=O)NCC(F)(F)F)cnc32)c(OC)c1. The smallest absolute Gasteiger partial charge is 0.405 e. The van der Waals surface area contributed by atoms with Crippen molar-refractivity contribution in [1.29, 1.82) is 0 Å². The molecule has 0 aliphatic carbocycles. The molecule has 1 aromatic carbocycles. The Kier molecular flexibility index (Phi) is 5.39. The van der Waals surface area contributed by atoms with Gasteiger partial charge in [-0.05, 0) is 18.2 Å². The number of ether oxygens (including phenoxy) is 2. The molecule has 2 aromatic heterocycles. The molecule has 1 N–H and O–H groups in total. The maximum absolute atomic E-state index is 12.2. The molecule has 1 amide bonds. The Hall–Kier alpha value is -3.30. The Morgan fingerprint density at radius 1 is 1.18 bits per heavy atom. The van der Waals surface area contributed by atoms with Crippen molar-refractivity contribution in [3.05, 3.63) is 47.8 Å². The predicted molar refractivity (Wildman–Crippen MR) is 94.6 cm³/mol.